The molecule has 0 unspecified atom stereocenters. The van der Waals surface area contributed by atoms with E-state index in [9.17, 15) is 0 Å². The number of pyridine rings is 1. The molecule has 0 atom stereocenters. The molecule has 0 spiro atoms. The minimum atomic E-state index is 0.890. The maximum absolute atomic E-state index is 6.29. The van der Waals surface area contributed by atoms with Gasteiger partial charge in [0.25, 0.3) is 0 Å². The summed E-state index contributed by atoms with van der Waals surface area (Å²) in [5.41, 5.74) is 4.05. The first kappa shape index (κ1) is 13.7. The van der Waals surface area contributed by atoms with E-state index >= 15 is 0 Å². The van der Waals surface area contributed by atoms with Gasteiger partial charge in [0.1, 0.15) is 5.58 Å². The molecular weight excluding hydrogens is 320 g/mol. The van der Waals surface area contributed by atoms with Crippen molar-refractivity contribution < 1.29 is 4.42 Å². The predicted molar refractivity (Wildman–Crippen MR) is 106 cm³/mol. The highest BCUT2D eigenvalue weighted by molar-refractivity contribution is 6.19. The van der Waals surface area contributed by atoms with Crippen LogP contribution in [0, 0.1) is 0 Å². The van der Waals surface area contributed by atoms with E-state index in [4.69, 9.17) is 4.42 Å². The molecule has 3 heteroatoms. The summed E-state index contributed by atoms with van der Waals surface area (Å²) in [5, 5.41) is 5.84. The summed E-state index contributed by atoms with van der Waals surface area (Å²) >= 11 is 0. The van der Waals surface area contributed by atoms with E-state index in [-0.39, 0.29) is 0 Å². The minimum absolute atomic E-state index is 0.890. The van der Waals surface area contributed by atoms with Gasteiger partial charge in [0.15, 0.2) is 0 Å². The highest BCUT2D eigenvalue weighted by Gasteiger charge is 2.18. The molecule has 0 fully saturated rings. The first-order chi connectivity index (χ1) is 12.9. The van der Waals surface area contributed by atoms with Crippen molar-refractivity contribution in [3.63, 3.8) is 0 Å². The fraction of sp³-hybridized carbons (Fsp3) is 0. The van der Waals surface area contributed by atoms with Gasteiger partial charge in [-0.2, -0.15) is 0 Å². The van der Waals surface area contributed by atoms with Gasteiger partial charge in [-0.25, -0.2) is 0 Å². The number of fused-ring (bicyclic) bond motifs is 6. The maximum atomic E-state index is 6.29. The second-order valence-corrected chi connectivity index (χ2v) is 6.54. The van der Waals surface area contributed by atoms with Crippen LogP contribution in [0.4, 0.5) is 0 Å². The van der Waals surface area contributed by atoms with Crippen molar-refractivity contribution >= 4 is 43.7 Å². The van der Waals surface area contributed by atoms with Gasteiger partial charge in [-0.15, -0.1) is 0 Å². The van der Waals surface area contributed by atoms with Crippen molar-refractivity contribution in [1.29, 1.82) is 0 Å². The van der Waals surface area contributed by atoms with Crippen LogP contribution in [0.15, 0.2) is 89.6 Å². The molecule has 3 aromatic heterocycles. The molecule has 6 aromatic rings. The second-order valence-electron chi connectivity index (χ2n) is 6.54. The third-order valence-corrected chi connectivity index (χ3v) is 5.08. The summed E-state index contributed by atoms with van der Waals surface area (Å²) in [6.45, 7) is 0. The van der Waals surface area contributed by atoms with Crippen LogP contribution in [0.5, 0.6) is 0 Å². The van der Waals surface area contributed by atoms with Gasteiger partial charge in [0.05, 0.1) is 10.9 Å². The molecule has 0 N–H and O–H groups in total. The summed E-state index contributed by atoms with van der Waals surface area (Å²) in [6.07, 6.45) is 3.72. The molecule has 0 aliphatic heterocycles. The fourth-order valence-corrected chi connectivity index (χ4v) is 3.91. The zero-order valence-corrected chi connectivity index (χ0v) is 13.9. The van der Waals surface area contributed by atoms with Crippen molar-refractivity contribution in [3.05, 3.63) is 85.2 Å². The van der Waals surface area contributed by atoms with E-state index in [0.29, 0.717) is 0 Å². The lowest BCUT2D eigenvalue weighted by atomic mass is 10.1. The average molecular weight is 334 g/mol. The maximum Gasteiger partial charge on any atom is 0.213 e. The standard InChI is InChI=1S/C23H14N2O/c1-3-7-20-18(5-1)22-19-6-2-4-8-21(19)26-23(22)25(20)17-10-9-16-14-24-12-11-15(16)13-17/h1-14H. The Morgan fingerprint density at radius 1 is 0.769 bits per heavy atom. The van der Waals surface area contributed by atoms with Gasteiger partial charge in [-0.3, -0.25) is 9.55 Å². The zero-order chi connectivity index (χ0) is 17.1. The van der Waals surface area contributed by atoms with Crippen LogP contribution in [0.25, 0.3) is 49.4 Å². The highest BCUT2D eigenvalue weighted by atomic mass is 16.3. The largest absolute Gasteiger partial charge is 0.439 e. The third-order valence-electron chi connectivity index (χ3n) is 5.08. The number of aromatic nitrogens is 2. The molecule has 0 bridgehead atoms. The van der Waals surface area contributed by atoms with Gasteiger partial charge in [0.2, 0.25) is 5.71 Å². The molecule has 26 heavy (non-hydrogen) atoms. The van der Waals surface area contributed by atoms with Crippen molar-refractivity contribution in [3.8, 4) is 5.69 Å². The molecule has 6 rings (SSSR count). The van der Waals surface area contributed by atoms with Crippen LogP contribution >= 0.6 is 0 Å². The summed E-state index contributed by atoms with van der Waals surface area (Å²) in [6, 6.07) is 25.2. The van der Waals surface area contributed by atoms with Crippen molar-refractivity contribution in [1.82, 2.24) is 9.55 Å². The Hall–Kier alpha value is -3.59. The lowest BCUT2D eigenvalue weighted by molar-refractivity contribution is 0.645. The predicted octanol–water partition coefficient (Wildman–Crippen LogP) is 6.08. The van der Waals surface area contributed by atoms with Crippen LogP contribution < -0.4 is 0 Å². The number of furan rings is 1. The topological polar surface area (TPSA) is 31.0 Å². The zero-order valence-electron chi connectivity index (χ0n) is 13.9. The molecule has 0 aliphatic carbocycles. The number of hydrogen-bond donors (Lipinski definition) is 0. The number of benzene rings is 3. The summed E-state index contributed by atoms with van der Waals surface area (Å²) in [7, 11) is 0. The number of rotatable bonds is 1. The van der Waals surface area contributed by atoms with Gasteiger partial charge < -0.3 is 4.42 Å². The van der Waals surface area contributed by atoms with Crippen LogP contribution in [0.3, 0.4) is 0 Å². The molecule has 3 nitrogen and oxygen atoms in total. The molecule has 0 radical (unpaired) electrons. The van der Waals surface area contributed by atoms with E-state index in [2.05, 4.69) is 64.1 Å². The van der Waals surface area contributed by atoms with Gasteiger partial charge in [0, 0.05) is 34.2 Å². The number of para-hydroxylation sites is 2. The summed E-state index contributed by atoms with van der Waals surface area (Å²) in [4.78, 5) is 4.21. The number of hydrogen-bond acceptors (Lipinski definition) is 2. The van der Waals surface area contributed by atoms with E-state index in [1.165, 1.54) is 16.2 Å². The van der Waals surface area contributed by atoms with Crippen LogP contribution in [0.1, 0.15) is 0 Å². The van der Waals surface area contributed by atoms with E-state index < -0.39 is 0 Å². The number of nitrogens with zero attached hydrogens (tertiary/aromatic N) is 2. The SMILES string of the molecule is c1ccc2c(c1)oc1c2c2ccccc2n1-c1ccc2cnccc2c1. The van der Waals surface area contributed by atoms with Gasteiger partial charge >= 0.3 is 0 Å². The normalized spacial score (nSPS) is 11.8. The first-order valence-corrected chi connectivity index (χ1v) is 8.65. The Bertz CT molecular complexity index is 1440. The second kappa shape index (κ2) is 4.96. The Balaban J connectivity index is 1.80. The van der Waals surface area contributed by atoms with E-state index in [1.807, 2.05) is 30.6 Å². The molecule has 3 heterocycles. The highest BCUT2D eigenvalue weighted by Crippen LogP contribution is 2.38. The fourth-order valence-electron chi connectivity index (χ4n) is 3.91. The third kappa shape index (κ3) is 1.74. The van der Waals surface area contributed by atoms with Gasteiger partial charge in [-0.05, 0) is 35.7 Å². The molecule has 0 saturated heterocycles. The Morgan fingerprint density at radius 3 is 2.58 bits per heavy atom. The van der Waals surface area contributed by atoms with Crippen LogP contribution in [0.2, 0.25) is 0 Å². The van der Waals surface area contributed by atoms with Crippen molar-refractivity contribution in [2.75, 3.05) is 0 Å². The summed E-state index contributed by atoms with van der Waals surface area (Å²) in [5.74, 6) is 0. The molecule has 3 aromatic carbocycles. The molecular formula is C23H14N2O. The van der Waals surface area contributed by atoms with Crippen molar-refractivity contribution in [2.24, 2.45) is 0 Å². The first-order valence-electron chi connectivity index (χ1n) is 8.65. The smallest absolute Gasteiger partial charge is 0.213 e. The molecule has 0 aliphatic rings. The lowest BCUT2D eigenvalue weighted by Gasteiger charge is -2.07. The van der Waals surface area contributed by atoms with Crippen LogP contribution in [-0.4, -0.2) is 9.55 Å². The summed E-state index contributed by atoms with van der Waals surface area (Å²) < 4.78 is 8.50. The van der Waals surface area contributed by atoms with Crippen molar-refractivity contribution in [2.45, 2.75) is 0 Å². The molecule has 122 valence electrons. The molecule has 0 saturated carbocycles. The Kier molecular flexibility index (Phi) is 2.61. The Labute approximate surface area is 149 Å². The van der Waals surface area contributed by atoms with E-state index in [0.717, 1.165) is 33.3 Å². The van der Waals surface area contributed by atoms with Gasteiger partial charge in [-0.1, -0.05) is 42.5 Å². The monoisotopic (exact) mass is 334 g/mol. The Morgan fingerprint density at radius 2 is 1.62 bits per heavy atom. The molecule has 0 amide bonds. The lowest BCUT2D eigenvalue weighted by Crippen LogP contribution is -1.93. The van der Waals surface area contributed by atoms with Crippen LogP contribution in [-0.2, 0) is 0 Å². The van der Waals surface area contributed by atoms with E-state index in [1.54, 1.807) is 0 Å². The average Bonchev–Trinajstić information content (AvgIpc) is 3.22. The quantitative estimate of drug-likeness (QED) is 0.365. The minimum Gasteiger partial charge on any atom is -0.439 e.